The van der Waals surface area contributed by atoms with E-state index >= 15 is 0 Å². The highest BCUT2D eigenvalue weighted by molar-refractivity contribution is 6.29. The fourth-order valence-electron chi connectivity index (χ4n) is 1.47. The van der Waals surface area contributed by atoms with Crippen LogP contribution in [-0.4, -0.2) is 25.7 Å². The Morgan fingerprint density at radius 3 is 2.62 bits per heavy atom. The molecule has 2 heterocycles. The number of hydrogen-bond acceptors (Lipinski definition) is 4. The van der Waals surface area contributed by atoms with Gasteiger partial charge in [0.05, 0.1) is 6.61 Å². The van der Waals surface area contributed by atoms with E-state index in [9.17, 15) is 4.79 Å². The summed E-state index contributed by atoms with van der Waals surface area (Å²) >= 11 is 5.90. The zero-order chi connectivity index (χ0) is 11.9. The van der Waals surface area contributed by atoms with Gasteiger partial charge in [-0.05, 0) is 18.5 Å². The number of halogens is 1. The van der Waals surface area contributed by atoms with E-state index in [-0.39, 0.29) is 5.88 Å². The molecule has 0 N–H and O–H groups in total. The minimum Gasteiger partial charge on any atom is -0.476 e. The van der Waals surface area contributed by atoms with Crippen molar-refractivity contribution in [3.8, 4) is 5.88 Å². The molecule has 0 unspecified atom stereocenters. The van der Waals surface area contributed by atoms with Gasteiger partial charge in [0.1, 0.15) is 5.52 Å². The third kappa shape index (κ3) is 1.46. The Labute approximate surface area is 96.4 Å². The van der Waals surface area contributed by atoms with Crippen LogP contribution in [0.2, 0.25) is 5.28 Å². The predicted molar refractivity (Wildman–Crippen MR) is 59.9 cm³/mol. The molecule has 0 fully saturated rings. The molecule has 0 aliphatic carbocycles. The normalized spacial score (nSPS) is 11.0. The average Bonchev–Trinajstić information content (AvgIpc) is 2.53. The van der Waals surface area contributed by atoms with Gasteiger partial charge in [-0.15, -0.1) is 0 Å². The molecule has 2 rings (SSSR count). The number of hydrogen-bond donors (Lipinski definition) is 0. The molecule has 0 atom stereocenters. The van der Waals surface area contributed by atoms with Crippen molar-refractivity contribution in [2.45, 2.75) is 6.92 Å². The van der Waals surface area contributed by atoms with E-state index < -0.39 is 5.69 Å². The van der Waals surface area contributed by atoms with Gasteiger partial charge < -0.3 is 9.30 Å². The van der Waals surface area contributed by atoms with Crippen molar-refractivity contribution in [3.63, 3.8) is 0 Å². The summed E-state index contributed by atoms with van der Waals surface area (Å²) in [5.41, 5.74) is 0.676. The Morgan fingerprint density at radius 1 is 1.31 bits per heavy atom. The molecule has 0 saturated heterocycles. The lowest BCUT2D eigenvalue weighted by atomic mass is 10.5. The second kappa shape index (κ2) is 3.79. The second-order valence-corrected chi connectivity index (χ2v) is 3.64. The van der Waals surface area contributed by atoms with Gasteiger partial charge in [0, 0.05) is 14.1 Å². The highest BCUT2D eigenvalue weighted by atomic mass is 35.5. The number of aryl methyl sites for hydroxylation is 2. The summed E-state index contributed by atoms with van der Waals surface area (Å²) in [7, 11) is 3.34. The van der Waals surface area contributed by atoms with Gasteiger partial charge in [0.25, 0.3) is 0 Å². The van der Waals surface area contributed by atoms with Crippen LogP contribution >= 0.6 is 11.6 Å². The van der Waals surface area contributed by atoms with E-state index in [0.717, 1.165) is 0 Å². The third-order valence-corrected chi connectivity index (χ3v) is 2.65. The van der Waals surface area contributed by atoms with Crippen molar-refractivity contribution >= 4 is 22.8 Å². The zero-order valence-electron chi connectivity index (χ0n) is 9.19. The highest BCUT2D eigenvalue weighted by Gasteiger charge is 2.16. The first kappa shape index (κ1) is 10.9. The molecular formula is C9H11ClN4O2. The largest absolute Gasteiger partial charge is 0.476 e. The molecule has 0 amide bonds. The highest BCUT2D eigenvalue weighted by Crippen LogP contribution is 2.23. The maximum absolute atomic E-state index is 11.5. The molecule has 2 aromatic heterocycles. The lowest BCUT2D eigenvalue weighted by Crippen LogP contribution is -2.21. The topological polar surface area (TPSA) is 61.9 Å². The second-order valence-electron chi connectivity index (χ2n) is 3.30. The van der Waals surface area contributed by atoms with E-state index in [4.69, 9.17) is 16.3 Å². The molecule has 0 saturated carbocycles. The van der Waals surface area contributed by atoms with E-state index in [1.54, 1.807) is 18.7 Å². The third-order valence-electron chi connectivity index (χ3n) is 2.31. The Balaban J connectivity index is 2.90. The summed E-state index contributed by atoms with van der Waals surface area (Å²) in [6.45, 7) is 2.25. The van der Waals surface area contributed by atoms with Crippen LogP contribution in [0.4, 0.5) is 0 Å². The van der Waals surface area contributed by atoms with Crippen LogP contribution in [0.25, 0.3) is 11.2 Å². The van der Waals surface area contributed by atoms with Crippen LogP contribution < -0.4 is 10.4 Å². The van der Waals surface area contributed by atoms with Crippen molar-refractivity contribution in [1.82, 2.24) is 19.1 Å². The molecule has 7 heteroatoms. The number of ether oxygens (including phenoxy) is 1. The van der Waals surface area contributed by atoms with Crippen molar-refractivity contribution in [2.75, 3.05) is 6.61 Å². The smallest absolute Gasteiger partial charge is 0.352 e. The number of fused-ring (bicyclic) bond motifs is 1. The van der Waals surface area contributed by atoms with Crippen molar-refractivity contribution in [3.05, 3.63) is 15.8 Å². The first-order valence-corrected chi connectivity index (χ1v) is 5.15. The summed E-state index contributed by atoms with van der Waals surface area (Å²) in [4.78, 5) is 19.4. The predicted octanol–water partition coefficient (Wildman–Crippen LogP) is 0.719. The average molecular weight is 243 g/mol. The Kier molecular flexibility index (Phi) is 2.59. The van der Waals surface area contributed by atoms with Gasteiger partial charge in [0.2, 0.25) is 11.2 Å². The fraction of sp³-hybridized carbons (Fsp3) is 0.444. The lowest BCUT2D eigenvalue weighted by molar-refractivity contribution is 0.327. The zero-order valence-corrected chi connectivity index (χ0v) is 9.95. The summed E-state index contributed by atoms with van der Waals surface area (Å²) in [5, 5.41) is 0.291. The molecular weight excluding hydrogens is 232 g/mol. The number of imidazole rings is 1. The van der Waals surface area contributed by atoms with Gasteiger partial charge in [0.15, 0.2) is 5.65 Å². The Hall–Kier alpha value is -1.56. The Morgan fingerprint density at radius 2 is 2.00 bits per heavy atom. The SMILES string of the molecule is CCOc1nc(=O)n(C)c2nc(Cl)n(C)c12. The molecule has 0 aliphatic heterocycles. The van der Waals surface area contributed by atoms with Crippen LogP contribution in [-0.2, 0) is 14.1 Å². The van der Waals surface area contributed by atoms with Crippen molar-refractivity contribution in [2.24, 2.45) is 14.1 Å². The number of rotatable bonds is 2. The summed E-state index contributed by atoms with van der Waals surface area (Å²) < 4.78 is 8.28. The molecule has 86 valence electrons. The number of aromatic nitrogens is 4. The molecule has 0 aromatic carbocycles. The molecule has 6 nitrogen and oxygen atoms in total. The first-order valence-electron chi connectivity index (χ1n) is 4.78. The van der Waals surface area contributed by atoms with Crippen LogP contribution in [0.3, 0.4) is 0 Å². The maximum atomic E-state index is 11.5. The molecule has 0 aliphatic rings. The molecule has 0 spiro atoms. The van der Waals surface area contributed by atoms with Crippen LogP contribution in [0.1, 0.15) is 6.92 Å². The van der Waals surface area contributed by atoms with Gasteiger partial charge in [-0.2, -0.15) is 9.97 Å². The minimum atomic E-state index is -0.411. The summed E-state index contributed by atoms with van der Waals surface area (Å²) in [6.07, 6.45) is 0. The minimum absolute atomic E-state index is 0.266. The first-order chi connectivity index (χ1) is 7.56. The summed E-state index contributed by atoms with van der Waals surface area (Å²) in [5.74, 6) is 0.266. The molecule has 2 aromatic rings. The Bertz CT molecular complexity index is 602. The van der Waals surface area contributed by atoms with Gasteiger partial charge >= 0.3 is 5.69 Å². The number of nitrogens with zero attached hydrogens (tertiary/aromatic N) is 4. The van der Waals surface area contributed by atoms with E-state index in [1.807, 2.05) is 6.92 Å². The van der Waals surface area contributed by atoms with E-state index in [1.165, 1.54) is 4.57 Å². The van der Waals surface area contributed by atoms with E-state index in [0.29, 0.717) is 23.1 Å². The molecule has 16 heavy (non-hydrogen) atoms. The van der Waals surface area contributed by atoms with Crippen molar-refractivity contribution in [1.29, 1.82) is 0 Å². The standard InChI is InChI=1S/C9H11ClN4O2/c1-4-16-7-5-6(11-8(10)13(5)2)14(3)9(15)12-7/h4H2,1-3H3. The maximum Gasteiger partial charge on any atom is 0.352 e. The van der Waals surface area contributed by atoms with Crippen molar-refractivity contribution < 1.29 is 4.74 Å². The van der Waals surface area contributed by atoms with Crippen LogP contribution in [0.15, 0.2) is 4.79 Å². The molecule has 0 radical (unpaired) electrons. The van der Waals surface area contributed by atoms with Gasteiger partial charge in [-0.3, -0.25) is 4.57 Å². The van der Waals surface area contributed by atoms with Gasteiger partial charge in [-0.25, -0.2) is 4.79 Å². The quantitative estimate of drug-likeness (QED) is 0.728. The lowest BCUT2D eigenvalue weighted by Gasteiger charge is -2.06. The monoisotopic (exact) mass is 242 g/mol. The van der Waals surface area contributed by atoms with E-state index in [2.05, 4.69) is 9.97 Å². The summed E-state index contributed by atoms with van der Waals surface area (Å²) in [6, 6.07) is 0. The van der Waals surface area contributed by atoms with Gasteiger partial charge in [-0.1, -0.05) is 0 Å². The van der Waals surface area contributed by atoms with Crippen LogP contribution in [0, 0.1) is 0 Å². The molecule has 0 bridgehead atoms. The fourth-order valence-corrected chi connectivity index (χ4v) is 1.64. The van der Waals surface area contributed by atoms with Crippen LogP contribution in [0.5, 0.6) is 5.88 Å².